The van der Waals surface area contributed by atoms with Crippen LogP contribution in [-0.2, 0) is 4.79 Å². The number of nitrogens with one attached hydrogen (secondary N) is 2. The van der Waals surface area contributed by atoms with Gasteiger partial charge in [0.2, 0.25) is 5.91 Å². The van der Waals surface area contributed by atoms with Crippen LogP contribution in [0.1, 0.15) is 36.8 Å². The number of aromatic nitrogens is 1. The molecule has 0 atom stereocenters. The predicted octanol–water partition coefficient (Wildman–Crippen LogP) is 5.96. The van der Waals surface area contributed by atoms with Crippen LogP contribution in [0.3, 0.4) is 0 Å². The molecule has 3 aromatic rings. The van der Waals surface area contributed by atoms with Crippen molar-refractivity contribution in [1.82, 2.24) is 4.98 Å². The zero-order valence-electron chi connectivity index (χ0n) is 19.6. The summed E-state index contributed by atoms with van der Waals surface area (Å²) in [6.45, 7) is 0. The molecule has 36 heavy (non-hydrogen) atoms. The number of halogens is 2. The second-order valence-corrected chi connectivity index (χ2v) is 8.20. The largest absolute Gasteiger partial charge is 0.493 e. The van der Waals surface area contributed by atoms with Gasteiger partial charge in [0, 0.05) is 23.9 Å². The summed E-state index contributed by atoms with van der Waals surface area (Å²) in [6, 6.07) is 12.0. The molecule has 2 aromatic carbocycles. The molecule has 0 bridgehead atoms. The van der Waals surface area contributed by atoms with E-state index in [4.69, 9.17) is 14.7 Å². The fourth-order valence-electron chi connectivity index (χ4n) is 3.92. The van der Waals surface area contributed by atoms with Crippen LogP contribution in [0.5, 0.6) is 11.5 Å². The van der Waals surface area contributed by atoms with Crippen LogP contribution in [0.2, 0.25) is 0 Å². The molecule has 1 fully saturated rings. The third-order valence-corrected chi connectivity index (χ3v) is 5.69. The fraction of sp³-hybridized carbons (Fsp3) is 0.222. The van der Waals surface area contributed by atoms with E-state index in [-0.39, 0.29) is 23.3 Å². The van der Waals surface area contributed by atoms with E-state index in [1.807, 2.05) is 6.07 Å². The van der Waals surface area contributed by atoms with Gasteiger partial charge in [-0.15, -0.1) is 0 Å². The van der Waals surface area contributed by atoms with Crippen molar-refractivity contribution in [2.24, 2.45) is 0 Å². The summed E-state index contributed by atoms with van der Waals surface area (Å²) in [5, 5.41) is 14.1. The average molecular weight is 491 g/mol. The van der Waals surface area contributed by atoms with Crippen LogP contribution in [0.15, 0.2) is 54.7 Å². The first-order chi connectivity index (χ1) is 17.5. The summed E-state index contributed by atoms with van der Waals surface area (Å²) < 4.78 is 40.2. The summed E-state index contributed by atoms with van der Waals surface area (Å²) in [5.74, 6) is -1.06. The van der Waals surface area contributed by atoms with Crippen LogP contribution in [-0.4, -0.2) is 24.1 Å². The van der Waals surface area contributed by atoms with Gasteiger partial charge in [0.05, 0.1) is 24.5 Å². The SMILES string of the molecule is COc1cccc(C=CC(=O)Nc2cc(F)cc(F)c2Nc2ccc(C#N)cn2)c1OC1CCCC1. The number of nitriles is 1. The standard InChI is InChI=1S/C27H24F2N4O3/c1-35-23-8-4-5-18(27(23)36-20-6-2-3-7-20)10-12-25(34)32-22-14-19(28)13-21(29)26(22)33-24-11-9-17(15-30)16-31-24/h4-5,8-14,16,20H,2-3,6-7H2,1H3,(H,31,33)(H,32,34). The van der Waals surface area contributed by atoms with Crippen LogP contribution >= 0.6 is 0 Å². The Balaban J connectivity index is 1.55. The van der Waals surface area contributed by atoms with Crippen LogP contribution in [0, 0.1) is 23.0 Å². The molecule has 0 aliphatic heterocycles. The number of amides is 1. The number of nitrogens with zero attached hydrogens (tertiary/aromatic N) is 2. The number of anilines is 3. The van der Waals surface area contributed by atoms with Gasteiger partial charge in [-0.05, 0) is 56.0 Å². The lowest BCUT2D eigenvalue weighted by Crippen LogP contribution is -2.13. The molecule has 184 valence electrons. The third-order valence-electron chi connectivity index (χ3n) is 5.69. The molecule has 1 amide bonds. The number of carbonyl (C=O) groups excluding carboxylic acids is 1. The molecule has 2 N–H and O–H groups in total. The number of carbonyl (C=O) groups is 1. The molecule has 0 saturated heterocycles. The molecule has 4 rings (SSSR count). The summed E-state index contributed by atoms with van der Waals surface area (Å²) in [5.41, 5.74) is 0.693. The molecule has 0 unspecified atom stereocenters. The molecule has 1 aromatic heterocycles. The normalized spacial score (nSPS) is 13.4. The number of hydrogen-bond donors (Lipinski definition) is 2. The zero-order valence-corrected chi connectivity index (χ0v) is 19.6. The van der Waals surface area contributed by atoms with Crippen molar-refractivity contribution >= 4 is 29.2 Å². The van der Waals surface area contributed by atoms with Gasteiger partial charge in [-0.1, -0.05) is 12.1 Å². The Labute approximate surface area is 207 Å². The molecule has 1 heterocycles. The average Bonchev–Trinajstić information content (AvgIpc) is 3.39. The fourth-order valence-corrected chi connectivity index (χ4v) is 3.92. The molecular formula is C27H24F2N4O3. The number of rotatable bonds is 8. The van der Waals surface area contributed by atoms with Gasteiger partial charge >= 0.3 is 0 Å². The lowest BCUT2D eigenvalue weighted by Gasteiger charge is -2.18. The van der Waals surface area contributed by atoms with Gasteiger partial charge in [-0.25, -0.2) is 13.8 Å². The van der Waals surface area contributed by atoms with Crippen molar-refractivity contribution in [3.8, 4) is 17.6 Å². The first-order valence-electron chi connectivity index (χ1n) is 11.4. The Bertz CT molecular complexity index is 1310. The Kier molecular flexibility index (Phi) is 7.75. The number of ether oxygens (including phenoxy) is 2. The van der Waals surface area contributed by atoms with Gasteiger partial charge in [0.1, 0.15) is 23.4 Å². The van der Waals surface area contributed by atoms with Gasteiger partial charge in [0.15, 0.2) is 17.3 Å². The van der Waals surface area contributed by atoms with Crippen LogP contribution in [0.25, 0.3) is 6.08 Å². The number of methoxy groups -OCH3 is 1. The first-order valence-corrected chi connectivity index (χ1v) is 11.4. The van der Waals surface area contributed by atoms with Crippen molar-refractivity contribution in [3.05, 3.63) is 77.5 Å². The van der Waals surface area contributed by atoms with Crippen LogP contribution < -0.4 is 20.1 Å². The first kappa shape index (κ1) is 24.7. The number of para-hydroxylation sites is 1. The molecule has 1 aliphatic rings. The van der Waals surface area contributed by atoms with Crippen molar-refractivity contribution in [1.29, 1.82) is 5.26 Å². The van der Waals surface area contributed by atoms with Gasteiger partial charge in [-0.3, -0.25) is 4.79 Å². The van der Waals surface area contributed by atoms with E-state index in [1.54, 1.807) is 31.4 Å². The Morgan fingerprint density at radius 1 is 1.19 bits per heavy atom. The summed E-state index contributed by atoms with van der Waals surface area (Å²) in [4.78, 5) is 16.7. The second kappa shape index (κ2) is 11.3. The van der Waals surface area contributed by atoms with Crippen LogP contribution in [0.4, 0.5) is 26.0 Å². The molecule has 0 spiro atoms. The molecular weight excluding hydrogens is 466 g/mol. The lowest BCUT2D eigenvalue weighted by molar-refractivity contribution is -0.111. The van der Waals surface area contributed by atoms with Gasteiger partial charge in [0.25, 0.3) is 0 Å². The molecule has 1 saturated carbocycles. The molecule has 1 aliphatic carbocycles. The highest BCUT2D eigenvalue weighted by Gasteiger charge is 2.20. The van der Waals surface area contributed by atoms with E-state index in [0.29, 0.717) is 28.7 Å². The summed E-state index contributed by atoms with van der Waals surface area (Å²) >= 11 is 0. The van der Waals surface area contributed by atoms with E-state index in [9.17, 15) is 13.6 Å². The predicted molar refractivity (Wildman–Crippen MR) is 132 cm³/mol. The lowest BCUT2D eigenvalue weighted by atomic mass is 10.1. The number of pyridine rings is 1. The monoisotopic (exact) mass is 490 g/mol. The smallest absolute Gasteiger partial charge is 0.248 e. The molecule has 7 nitrogen and oxygen atoms in total. The Morgan fingerprint density at radius 2 is 2.00 bits per heavy atom. The highest BCUT2D eigenvalue weighted by Crippen LogP contribution is 2.36. The minimum Gasteiger partial charge on any atom is -0.493 e. The van der Waals surface area contributed by atoms with Crippen molar-refractivity contribution < 1.29 is 23.0 Å². The van der Waals surface area contributed by atoms with E-state index in [0.717, 1.165) is 31.7 Å². The van der Waals surface area contributed by atoms with Gasteiger partial charge in [-0.2, -0.15) is 5.26 Å². The number of benzene rings is 2. The quantitative estimate of drug-likeness (QED) is 0.379. The minimum atomic E-state index is -0.916. The summed E-state index contributed by atoms with van der Waals surface area (Å²) in [7, 11) is 1.55. The minimum absolute atomic E-state index is 0.0852. The van der Waals surface area contributed by atoms with Gasteiger partial charge < -0.3 is 20.1 Å². The Morgan fingerprint density at radius 3 is 2.69 bits per heavy atom. The van der Waals surface area contributed by atoms with E-state index >= 15 is 0 Å². The maximum absolute atomic E-state index is 14.6. The molecule has 9 heteroatoms. The third kappa shape index (κ3) is 5.96. The maximum Gasteiger partial charge on any atom is 0.248 e. The zero-order chi connectivity index (χ0) is 25.5. The summed E-state index contributed by atoms with van der Waals surface area (Å²) in [6.07, 6.45) is 8.33. The van der Waals surface area contributed by atoms with Crippen molar-refractivity contribution in [3.63, 3.8) is 0 Å². The highest BCUT2D eigenvalue weighted by atomic mass is 19.1. The maximum atomic E-state index is 14.6. The topological polar surface area (TPSA) is 96.3 Å². The van der Waals surface area contributed by atoms with Crippen molar-refractivity contribution in [2.75, 3.05) is 17.7 Å². The second-order valence-electron chi connectivity index (χ2n) is 8.20. The van der Waals surface area contributed by atoms with E-state index < -0.39 is 17.5 Å². The Hall–Kier alpha value is -4.45. The molecule has 0 radical (unpaired) electrons. The number of hydrogen-bond acceptors (Lipinski definition) is 6. The van der Waals surface area contributed by atoms with E-state index in [2.05, 4.69) is 15.6 Å². The van der Waals surface area contributed by atoms with Crippen molar-refractivity contribution in [2.45, 2.75) is 31.8 Å². The highest BCUT2D eigenvalue weighted by molar-refractivity contribution is 6.04. The van der Waals surface area contributed by atoms with E-state index in [1.165, 1.54) is 24.4 Å².